The third kappa shape index (κ3) is 6.65. The highest BCUT2D eigenvalue weighted by Crippen LogP contribution is 2.42. The molecule has 0 unspecified atom stereocenters. The van der Waals surface area contributed by atoms with Gasteiger partial charge in [-0.25, -0.2) is 0 Å². The maximum atomic E-state index is 5.35. The monoisotopic (exact) mass is 432 g/mol. The molecule has 2 heteroatoms. The number of nitrogens with zero attached hydrogens (tertiary/aromatic N) is 1. The molecule has 0 saturated carbocycles. The number of hydrogen-bond acceptors (Lipinski definition) is 2. The molecule has 0 radical (unpaired) electrons. The Kier molecular flexibility index (Phi) is 9.00. The van der Waals surface area contributed by atoms with Crippen molar-refractivity contribution in [1.82, 2.24) is 10.3 Å². The summed E-state index contributed by atoms with van der Waals surface area (Å²) >= 11 is 0. The highest BCUT2D eigenvalue weighted by molar-refractivity contribution is 5.44. The molecule has 0 fully saturated rings. The molecule has 0 amide bonds. The van der Waals surface area contributed by atoms with E-state index in [4.69, 9.17) is 6.42 Å². The zero-order chi connectivity index (χ0) is 23.4. The summed E-state index contributed by atoms with van der Waals surface area (Å²) in [4.78, 5) is 4.43. The van der Waals surface area contributed by atoms with Crippen molar-refractivity contribution in [1.29, 1.82) is 0 Å². The van der Waals surface area contributed by atoms with Gasteiger partial charge in [0.05, 0.1) is 5.69 Å². The summed E-state index contributed by atoms with van der Waals surface area (Å²) in [6.45, 7) is 8.16. The van der Waals surface area contributed by atoms with Crippen LogP contribution >= 0.6 is 0 Å². The van der Waals surface area contributed by atoms with E-state index in [-0.39, 0.29) is 5.41 Å². The zero-order valence-electron chi connectivity index (χ0n) is 19.4. The van der Waals surface area contributed by atoms with Crippen LogP contribution in [0.2, 0.25) is 0 Å². The smallest absolute Gasteiger partial charge is 0.0541 e. The number of hydrogen-bond donors (Lipinski definition) is 1. The first-order chi connectivity index (χ1) is 16.2. The SMILES string of the molecule is C#C/C=C\C=C(/C)C(=C)CC(CCNCc1ccccn1)(c1ccccc1)c1ccccc1. The van der Waals surface area contributed by atoms with Crippen molar-refractivity contribution < 1.29 is 0 Å². The number of pyridine rings is 1. The van der Waals surface area contributed by atoms with E-state index in [0.29, 0.717) is 0 Å². The van der Waals surface area contributed by atoms with Gasteiger partial charge in [-0.1, -0.05) is 97.0 Å². The van der Waals surface area contributed by atoms with E-state index in [0.717, 1.165) is 42.8 Å². The summed E-state index contributed by atoms with van der Waals surface area (Å²) in [5.41, 5.74) is 5.67. The van der Waals surface area contributed by atoms with Crippen molar-refractivity contribution in [2.45, 2.75) is 31.7 Å². The molecule has 0 spiro atoms. The predicted octanol–water partition coefficient (Wildman–Crippen LogP) is 6.63. The van der Waals surface area contributed by atoms with Crippen molar-refractivity contribution in [3.05, 3.63) is 138 Å². The van der Waals surface area contributed by atoms with Crippen LogP contribution in [0.25, 0.3) is 0 Å². The zero-order valence-corrected chi connectivity index (χ0v) is 19.4. The molecule has 0 aliphatic rings. The lowest BCUT2D eigenvalue weighted by Crippen LogP contribution is -2.33. The molecular weight excluding hydrogens is 400 g/mol. The number of allylic oxidation sites excluding steroid dienone is 5. The van der Waals surface area contributed by atoms with Crippen molar-refractivity contribution in [2.24, 2.45) is 0 Å². The van der Waals surface area contributed by atoms with Crippen LogP contribution in [0.4, 0.5) is 0 Å². The molecule has 0 bridgehead atoms. The molecule has 3 aromatic rings. The van der Waals surface area contributed by atoms with Gasteiger partial charge in [-0.05, 0) is 61.2 Å². The number of nitrogens with one attached hydrogen (secondary N) is 1. The summed E-state index contributed by atoms with van der Waals surface area (Å²) in [6.07, 6.45) is 14.6. The van der Waals surface area contributed by atoms with Crippen LogP contribution in [0.5, 0.6) is 0 Å². The van der Waals surface area contributed by atoms with Gasteiger partial charge in [-0.2, -0.15) is 0 Å². The lowest BCUT2D eigenvalue weighted by molar-refractivity contribution is 0.447. The molecule has 33 heavy (non-hydrogen) atoms. The van der Waals surface area contributed by atoms with E-state index >= 15 is 0 Å². The average molecular weight is 433 g/mol. The quantitative estimate of drug-likeness (QED) is 0.209. The van der Waals surface area contributed by atoms with E-state index < -0.39 is 0 Å². The highest BCUT2D eigenvalue weighted by Gasteiger charge is 2.34. The Balaban J connectivity index is 1.92. The Morgan fingerprint density at radius 3 is 2.21 bits per heavy atom. The summed E-state index contributed by atoms with van der Waals surface area (Å²) in [7, 11) is 0. The van der Waals surface area contributed by atoms with Crippen LogP contribution < -0.4 is 5.32 Å². The van der Waals surface area contributed by atoms with Gasteiger partial charge in [0.2, 0.25) is 0 Å². The maximum absolute atomic E-state index is 5.35. The predicted molar refractivity (Wildman–Crippen MR) is 140 cm³/mol. The van der Waals surface area contributed by atoms with Crippen molar-refractivity contribution >= 4 is 0 Å². The van der Waals surface area contributed by atoms with Gasteiger partial charge < -0.3 is 5.32 Å². The molecule has 0 aliphatic carbocycles. The van der Waals surface area contributed by atoms with E-state index in [1.165, 1.54) is 11.1 Å². The van der Waals surface area contributed by atoms with Gasteiger partial charge >= 0.3 is 0 Å². The molecule has 0 atom stereocenters. The molecule has 166 valence electrons. The first-order valence-corrected chi connectivity index (χ1v) is 11.3. The van der Waals surface area contributed by atoms with Crippen LogP contribution in [-0.4, -0.2) is 11.5 Å². The van der Waals surface area contributed by atoms with Gasteiger partial charge in [0.1, 0.15) is 0 Å². The fraction of sp³-hybridized carbons (Fsp3) is 0.194. The highest BCUT2D eigenvalue weighted by atomic mass is 14.9. The Morgan fingerprint density at radius 1 is 1.00 bits per heavy atom. The summed E-state index contributed by atoms with van der Waals surface area (Å²) in [6, 6.07) is 27.6. The van der Waals surface area contributed by atoms with Crippen molar-refractivity contribution in [3.8, 4) is 12.3 Å². The van der Waals surface area contributed by atoms with Crippen LogP contribution in [0.1, 0.15) is 36.6 Å². The first kappa shape index (κ1) is 24.0. The topological polar surface area (TPSA) is 24.9 Å². The number of terminal acetylenes is 1. The Labute approximate surface area is 198 Å². The number of rotatable bonds is 11. The summed E-state index contributed by atoms with van der Waals surface area (Å²) in [5.74, 6) is 2.54. The van der Waals surface area contributed by atoms with E-state index in [1.807, 2.05) is 36.5 Å². The lowest BCUT2D eigenvalue weighted by atomic mass is 9.67. The average Bonchev–Trinajstić information content (AvgIpc) is 2.87. The second-order valence-electron chi connectivity index (χ2n) is 8.22. The second-order valence-corrected chi connectivity index (χ2v) is 8.22. The van der Waals surface area contributed by atoms with E-state index in [1.54, 1.807) is 6.08 Å². The van der Waals surface area contributed by atoms with Gasteiger partial charge in [-0.3, -0.25) is 4.98 Å². The molecule has 1 aromatic heterocycles. The van der Waals surface area contributed by atoms with Gasteiger partial charge in [0.25, 0.3) is 0 Å². The van der Waals surface area contributed by atoms with Crippen molar-refractivity contribution in [2.75, 3.05) is 6.54 Å². The first-order valence-electron chi connectivity index (χ1n) is 11.3. The van der Waals surface area contributed by atoms with Gasteiger partial charge in [-0.15, -0.1) is 6.42 Å². The minimum atomic E-state index is -0.207. The molecule has 2 nitrogen and oxygen atoms in total. The molecular formula is C31H32N2. The van der Waals surface area contributed by atoms with Gasteiger partial charge in [0.15, 0.2) is 0 Å². The van der Waals surface area contributed by atoms with Crippen molar-refractivity contribution in [3.63, 3.8) is 0 Å². The normalized spacial score (nSPS) is 11.9. The Hall–Kier alpha value is -3.67. The molecule has 2 aromatic carbocycles. The number of benzene rings is 2. The lowest BCUT2D eigenvalue weighted by Gasteiger charge is -2.36. The minimum Gasteiger partial charge on any atom is -0.311 e. The van der Waals surface area contributed by atoms with Crippen LogP contribution in [0.3, 0.4) is 0 Å². The summed E-state index contributed by atoms with van der Waals surface area (Å²) < 4.78 is 0. The number of aromatic nitrogens is 1. The fourth-order valence-corrected chi connectivity index (χ4v) is 4.15. The fourth-order valence-electron chi connectivity index (χ4n) is 4.15. The van der Waals surface area contributed by atoms with Gasteiger partial charge in [0, 0.05) is 18.2 Å². The van der Waals surface area contributed by atoms with E-state index in [9.17, 15) is 0 Å². The second kappa shape index (κ2) is 12.4. The molecule has 3 rings (SSSR count). The molecule has 1 N–H and O–H groups in total. The van der Waals surface area contributed by atoms with Crippen LogP contribution in [-0.2, 0) is 12.0 Å². The third-order valence-electron chi connectivity index (χ3n) is 6.03. The minimum absolute atomic E-state index is 0.207. The van der Waals surface area contributed by atoms with Crippen LogP contribution in [0.15, 0.2) is 121 Å². The largest absolute Gasteiger partial charge is 0.311 e. The standard InChI is InChI=1S/C31H32N2/c1-4-5-8-15-26(2)27(3)24-31(28-16-9-6-10-17-28,29-18-11-7-12-19-29)21-23-32-25-30-20-13-14-22-33-30/h1,5-20,22,32H,3,21,23-25H2,2H3/b8-5-,26-15+. The molecule has 1 heterocycles. The van der Waals surface area contributed by atoms with E-state index in [2.05, 4.69) is 90.4 Å². The van der Waals surface area contributed by atoms with Crippen LogP contribution in [0, 0.1) is 12.3 Å². The maximum Gasteiger partial charge on any atom is 0.0541 e. The third-order valence-corrected chi connectivity index (χ3v) is 6.03. The molecule has 0 aliphatic heterocycles. The summed E-state index contributed by atoms with van der Waals surface area (Å²) in [5, 5.41) is 3.60. The Bertz CT molecular complexity index is 1060. The molecule has 0 saturated heterocycles. The Morgan fingerprint density at radius 2 is 1.64 bits per heavy atom.